The third-order valence-corrected chi connectivity index (χ3v) is 3.03. The van der Waals surface area contributed by atoms with E-state index in [2.05, 4.69) is 4.98 Å². The molecule has 0 unspecified atom stereocenters. The maximum Gasteiger partial charge on any atom is 0.272 e. The van der Waals surface area contributed by atoms with Gasteiger partial charge in [0, 0.05) is 25.8 Å². The van der Waals surface area contributed by atoms with Gasteiger partial charge in [-0.2, -0.15) is 0 Å². The fourth-order valence-corrected chi connectivity index (χ4v) is 2.09. The van der Waals surface area contributed by atoms with Crippen LogP contribution in [0.25, 0.3) is 0 Å². The number of pyridine rings is 1. The van der Waals surface area contributed by atoms with Gasteiger partial charge in [-0.3, -0.25) is 9.78 Å². The van der Waals surface area contributed by atoms with E-state index in [1.54, 1.807) is 17.2 Å². The molecule has 1 heterocycles. The topological polar surface area (TPSA) is 59.2 Å². The third kappa shape index (κ3) is 2.39. The number of hydrogen-bond donors (Lipinski definition) is 1. The Bertz CT molecular complexity index is 360. The van der Waals surface area contributed by atoms with Crippen molar-refractivity contribution in [3.63, 3.8) is 0 Å². The Morgan fingerprint density at radius 1 is 1.56 bits per heavy atom. The summed E-state index contributed by atoms with van der Waals surface area (Å²) in [5.41, 5.74) is 6.22. The largest absolute Gasteiger partial charge is 0.340 e. The van der Waals surface area contributed by atoms with Gasteiger partial charge in [0.2, 0.25) is 0 Å². The van der Waals surface area contributed by atoms with Crippen molar-refractivity contribution in [2.45, 2.75) is 18.9 Å². The van der Waals surface area contributed by atoms with Crippen LogP contribution < -0.4 is 5.73 Å². The van der Waals surface area contributed by atoms with Crippen LogP contribution in [0.5, 0.6) is 0 Å². The molecular formula is C12H17N3O. The van der Waals surface area contributed by atoms with Gasteiger partial charge in [-0.25, -0.2) is 0 Å². The molecule has 16 heavy (non-hydrogen) atoms. The summed E-state index contributed by atoms with van der Waals surface area (Å²) in [7, 11) is 1.82. The second kappa shape index (κ2) is 4.61. The van der Waals surface area contributed by atoms with Crippen LogP contribution in [0.15, 0.2) is 24.4 Å². The number of amides is 1. The van der Waals surface area contributed by atoms with Crippen molar-refractivity contribution in [1.29, 1.82) is 0 Å². The molecule has 1 aliphatic carbocycles. The molecule has 1 aromatic rings. The summed E-state index contributed by atoms with van der Waals surface area (Å²) < 4.78 is 0. The van der Waals surface area contributed by atoms with E-state index >= 15 is 0 Å². The summed E-state index contributed by atoms with van der Waals surface area (Å²) in [5.74, 6) is 0.550. The van der Waals surface area contributed by atoms with Crippen LogP contribution in [-0.4, -0.2) is 35.4 Å². The lowest BCUT2D eigenvalue weighted by Crippen LogP contribution is -2.43. The number of rotatable bonds is 3. The second-order valence-electron chi connectivity index (χ2n) is 4.50. The zero-order valence-electron chi connectivity index (χ0n) is 9.47. The third-order valence-electron chi connectivity index (χ3n) is 3.03. The van der Waals surface area contributed by atoms with Crippen molar-refractivity contribution in [2.75, 3.05) is 13.6 Å². The van der Waals surface area contributed by atoms with Crippen molar-refractivity contribution >= 4 is 5.91 Å². The molecule has 2 rings (SSSR count). The summed E-state index contributed by atoms with van der Waals surface area (Å²) >= 11 is 0. The molecule has 0 saturated heterocycles. The lowest BCUT2D eigenvalue weighted by Gasteiger charge is -2.35. The van der Waals surface area contributed by atoms with Gasteiger partial charge in [0.05, 0.1) is 0 Å². The number of nitrogens with zero attached hydrogens (tertiary/aromatic N) is 2. The molecule has 86 valence electrons. The summed E-state index contributed by atoms with van der Waals surface area (Å²) in [6, 6.07) is 5.71. The number of carbonyl (C=O) groups is 1. The molecule has 0 aliphatic heterocycles. The first-order valence-corrected chi connectivity index (χ1v) is 5.59. The average Bonchev–Trinajstić information content (AvgIpc) is 2.27. The lowest BCUT2D eigenvalue weighted by molar-refractivity contribution is 0.0728. The van der Waals surface area contributed by atoms with E-state index in [0.29, 0.717) is 17.7 Å². The average molecular weight is 219 g/mol. The zero-order valence-corrected chi connectivity index (χ0v) is 9.47. The van der Waals surface area contributed by atoms with Gasteiger partial charge in [-0.05, 0) is 30.9 Å². The molecule has 1 fully saturated rings. The molecular weight excluding hydrogens is 202 g/mol. The smallest absolute Gasteiger partial charge is 0.272 e. The highest BCUT2D eigenvalue weighted by molar-refractivity contribution is 5.92. The Kier molecular flexibility index (Phi) is 3.19. The number of carbonyl (C=O) groups excluding carboxylic acids is 1. The molecule has 4 nitrogen and oxygen atoms in total. The molecule has 0 radical (unpaired) electrons. The Balaban J connectivity index is 1.90. The predicted octanol–water partition coefficient (Wildman–Crippen LogP) is 0.891. The quantitative estimate of drug-likeness (QED) is 0.821. The fourth-order valence-electron chi connectivity index (χ4n) is 2.09. The first-order valence-electron chi connectivity index (χ1n) is 5.59. The highest BCUT2D eigenvalue weighted by Gasteiger charge is 2.28. The molecule has 1 amide bonds. The van der Waals surface area contributed by atoms with E-state index in [1.165, 1.54) is 0 Å². The molecule has 0 aromatic carbocycles. The lowest BCUT2D eigenvalue weighted by atomic mass is 9.80. The van der Waals surface area contributed by atoms with Crippen LogP contribution in [0.4, 0.5) is 0 Å². The normalized spacial score (nSPS) is 23.6. The number of hydrogen-bond acceptors (Lipinski definition) is 3. The van der Waals surface area contributed by atoms with Gasteiger partial charge in [0.25, 0.3) is 5.91 Å². The van der Waals surface area contributed by atoms with E-state index < -0.39 is 0 Å². The number of nitrogens with two attached hydrogens (primary N) is 1. The maximum atomic E-state index is 11.9. The van der Waals surface area contributed by atoms with E-state index in [-0.39, 0.29) is 5.91 Å². The summed E-state index contributed by atoms with van der Waals surface area (Å²) in [4.78, 5) is 17.7. The highest BCUT2D eigenvalue weighted by atomic mass is 16.2. The number of aromatic nitrogens is 1. The van der Waals surface area contributed by atoms with E-state index in [1.807, 2.05) is 19.2 Å². The maximum absolute atomic E-state index is 11.9. The SMILES string of the molecule is CN(CC1CC(N)C1)C(=O)c1ccccn1. The van der Waals surface area contributed by atoms with Gasteiger partial charge >= 0.3 is 0 Å². The molecule has 0 bridgehead atoms. The van der Waals surface area contributed by atoms with Crippen LogP contribution in [0, 0.1) is 5.92 Å². The van der Waals surface area contributed by atoms with Gasteiger partial charge in [-0.1, -0.05) is 6.07 Å². The van der Waals surface area contributed by atoms with Crippen LogP contribution in [0.2, 0.25) is 0 Å². The molecule has 4 heteroatoms. The van der Waals surface area contributed by atoms with Crippen molar-refractivity contribution in [3.8, 4) is 0 Å². The summed E-state index contributed by atoms with van der Waals surface area (Å²) in [6.07, 6.45) is 3.69. The molecule has 1 aromatic heterocycles. The Hall–Kier alpha value is -1.42. The molecule has 1 aliphatic rings. The Labute approximate surface area is 95.5 Å². The van der Waals surface area contributed by atoms with Crippen molar-refractivity contribution in [3.05, 3.63) is 30.1 Å². The summed E-state index contributed by atoms with van der Waals surface area (Å²) in [6.45, 7) is 0.781. The highest BCUT2D eigenvalue weighted by Crippen LogP contribution is 2.26. The van der Waals surface area contributed by atoms with Crippen molar-refractivity contribution in [2.24, 2.45) is 11.7 Å². The Morgan fingerprint density at radius 3 is 2.88 bits per heavy atom. The van der Waals surface area contributed by atoms with Gasteiger partial charge in [0.1, 0.15) is 5.69 Å². The van der Waals surface area contributed by atoms with Crippen molar-refractivity contribution < 1.29 is 4.79 Å². The standard InChI is InChI=1S/C12H17N3O/c1-15(8-9-6-10(13)7-9)12(16)11-4-2-3-5-14-11/h2-5,9-10H,6-8,13H2,1H3. The van der Waals surface area contributed by atoms with E-state index in [9.17, 15) is 4.79 Å². The van der Waals surface area contributed by atoms with E-state index in [4.69, 9.17) is 5.73 Å². The first-order chi connectivity index (χ1) is 7.66. The monoisotopic (exact) mass is 219 g/mol. The minimum absolute atomic E-state index is 0.0129. The van der Waals surface area contributed by atoms with Crippen molar-refractivity contribution in [1.82, 2.24) is 9.88 Å². The zero-order chi connectivity index (χ0) is 11.5. The van der Waals surface area contributed by atoms with Crippen LogP contribution >= 0.6 is 0 Å². The first kappa shape index (κ1) is 11.1. The van der Waals surface area contributed by atoms with Gasteiger partial charge < -0.3 is 10.6 Å². The van der Waals surface area contributed by atoms with Crippen LogP contribution in [0.3, 0.4) is 0 Å². The fraction of sp³-hybridized carbons (Fsp3) is 0.500. The van der Waals surface area contributed by atoms with E-state index in [0.717, 1.165) is 19.4 Å². The predicted molar refractivity (Wildman–Crippen MR) is 61.9 cm³/mol. The molecule has 2 N–H and O–H groups in total. The molecule has 1 saturated carbocycles. The summed E-state index contributed by atoms with van der Waals surface area (Å²) in [5, 5.41) is 0. The van der Waals surface area contributed by atoms with Crippen LogP contribution in [0.1, 0.15) is 23.3 Å². The molecule has 0 atom stereocenters. The van der Waals surface area contributed by atoms with Crippen LogP contribution in [-0.2, 0) is 0 Å². The molecule has 0 spiro atoms. The second-order valence-corrected chi connectivity index (χ2v) is 4.50. The van der Waals surface area contributed by atoms with Gasteiger partial charge in [0.15, 0.2) is 0 Å². The van der Waals surface area contributed by atoms with Gasteiger partial charge in [-0.15, -0.1) is 0 Å². The Morgan fingerprint density at radius 2 is 2.31 bits per heavy atom. The minimum Gasteiger partial charge on any atom is -0.340 e. The minimum atomic E-state index is -0.0129.